The van der Waals surface area contributed by atoms with Gasteiger partial charge in [-0.1, -0.05) is 17.8 Å². The minimum absolute atomic E-state index is 0.192. The molecule has 1 heterocycles. The number of hydrogen-bond donors (Lipinski definition) is 1. The zero-order chi connectivity index (χ0) is 13.9. The highest BCUT2D eigenvalue weighted by atomic mass is 79.9. The number of nitrogens with one attached hydrogen (secondary N) is 1. The first-order valence-electron chi connectivity index (χ1n) is 6.52. The van der Waals surface area contributed by atoms with Gasteiger partial charge in [-0.2, -0.15) is 0 Å². The molecule has 1 aliphatic rings. The quantitative estimate of drug-likeness (QED) is 0.863. The first kappa shape index (κ1) is 14.0. The van der Waals surface area contributed by atoms with Crippen molar-refractivity contribution in [3.63, 3.8) is 0 Å². The van der Waals surface area contributed by atoms with Crippen molar-refractivity contribution >= 4 is 27.7 Å². The number of rotatable bonds is 5. The van der Waals surface area contributed by atoms with E-state index in [2.05, 4.69) is 26.2 Å². The fourth-order valence-electron chi connectivity index (χ4n) is 1.84. The monoisotopic (exact) mass is 352 g/mol. The average molecular weight is 353 g/mol. The van der Waals surface area contributed by atoms with Crippen LogP contribution in [0.15, 0.2) is 50.9 Å². The highest BCUT2D eigenvalue weighted by molar-refractivity contribution is 9.10. The molecule has 1 aliphatic carbocycles. The van der Waals surface area contributed by atoms with E-state index in [-0.39, 0.29) is 5.82 Å². The van der Waals surface area contributed by atoms with Crippen molar-refractivity contribution in [2.75, 3.05) is 0 Å². The SMILES string of the molecule is Fc1cc(CNC2CC2)ccc1Sc1ncccc1Br. The van der Waals surface area contributed by atoms with E-state index >= 15 is 0 Å². The van der Waals surface area contributed by atoms with Gasteiger partial charge >= 0.3 is 0 Å². The lowest BCUT2D eigenvalue weighted by atomic mass is 10.2. The Kier molecular flexibility index (Phi) is 4.38. The second-order valence-electron chi connectivity index (χ2n) is 4.81. The number of benzene rings is 1. The predicted octanol–water partition coefficient (Wildman–Crippen LogP) is 4.39. The van der Waals surface area contributed by atoms with Crippen LogP contribution < -0.4 is 5.32 Å². The topological polar surface area (TPSA) is 24.9 Å². The summed E-state index contributed by atoms with van der Waals surface area (Å²) in [7, 11) is 0. The van der Waals surface area contributed by atoms with Crippen LogP contribution in [-0.4, -0.2) is 11.0 Å². The molecular formula is C15H14BrFN2S. The molecule has 1 saturated carbocycles. The molecule has 0 saturated heterocycles. The van der Waals surface area contributed by atoms with Crippen LogP contribution in [0.2, 0.25) is 0 Å². The van der Waals surface area contributed by atoms with Gasteiger partial charge in [0.15, 0.2) is 0 Å². The lowest BCUT2D eigenvalue weighted by molar-refractivity contribution is 0.595. The Hall–Kier alpha value is -0.910. The molecule has 5 heteroatoms. The van der Waals surface area contributed by atoms with Gasteiger partial charge in [0, 0.05) is 23.7 Å². The molecule has 0 amide bonds. The van der Waals surface area contributed by atoms with Crippen molar-refractivity contribution in [3.8, 4) is 0 Å². The molecule has 0 bridgehead atoms. The van der Waals surface area contributed by atoms with E-state index in [9.17, 15) is 4.39 Å². The summed E-state index contributed by atoms with van der Waals surface area (Å²) < 4.78 is 15.0. The summed E-state index contributed by atoms with van der Waals surface area (Å²) in [5, 5.41) is 4.16. The fraction of sp³-hybridized carbons (Fsp3) is 0.267. The molecule has 3 rings (SSSR count). The predicted molar refractivity (Wildman–Crippen MR) is 82.3 cm³/mol. The summed E-state index contributed by atoms with van der Waals surface area (Å²) in [5.41, 5.74) is 0.985. The third-order valence-corrected chi connectivity index (χ3v) is 5.07. The maximum atomic E-state index is 14.1. The Morgan fingerprint density at radius 3 is 2.90 bits per heavy atom. The number of nitrogens with zero attached hydrogens (tertiary/aromatic N) is 1. The van der Waals surface area contributed by atoms with Gasteiger partial charge in [-0.25, -0.2) is 9.37 Å². The van der Waals surface area contributed by atoms with Crippen molar-refractivity contribution < 1.29 is 4.39 Å². The summed E-state index contributed by atoms with van der Waals surface area (Å²) in [6.07, 6.45) is 4.19. The standard InChI is InChI=1S/C15H14BrFN2S/c16-12-2-1-7-18-15(12)20-14-6-3-10(8-13(14)17)9-19-11-4-5-11/h1-3,6-8,11,19H,4-5,9H2. The van der Waals surface area contributed by atoms with E-state index in [1.54, 1.807) is 12.3 Å². The van der Waals surface area contributed by atoms with Gasteiger partial charge in [-0.15, -0.1) is 0 Å². The molecule has 0 atom stereocenters. The normalized spacial score (nSPS) is 14.5. The third kappa shape index (κ3) is 3.59. The van der Waals surface area contributed by atoms with Gasteiger partial charge in [0.1, 0.15) is 10.8 Å². The molecule has 1 aromatic carbocycles. The van der Waals surface area contributed by atoms with Gasteiger partial charge in [0.05, 0.1) is 4.47 Å². The van der Waals surface area contributed by atoms with Crippen LogP contribution in [0.3, 0.4) is 0 Å². The Bertz CT molecular complexity index is 617. The van der Waals surface area contributed by atoms with E-state index in [4.69, 9.17) is 0 Å². The molecule has 0 unspecified atom stereocenters. The molecule has 2 nitrogen and oxygen atoms in total. The summed E-state index contributed by atoms with van der Waals surface area (Å²) in [5.74, 6) is -0.192. The fourth-order valence-corrected chi connectivity index (χ4v) is 3.11. The number of halogens is 2. The van der Waals surface area contributed by atoms with Crippen molar-refractivity contribution in [3.05, 3.63) is 52.4 Å². The van der Waals surface area contributed by atoms with Crippen LogP contribution in [0.1, 0.15) is 18.4 Å². The molecule has 0 radical (unpaired) electrons. The Morgan fingerprint density at radius 1 is 1.35 bits per heavy atom. The second-order valence-corrected chi connectivity index (χ2v) is 6.70. The number of pyridine rings is 1. The van der Waals surface area contributed by atoms with Gasteiger partial charge in [-0.3, -0.25) is 0 Å². The maximum Gasteiger partial charge on any atom is 0.137 e. The van der Waals surface area contributed by atoms with Crippen molar-refractivity contribution in [1.29, 1.82) is 0 Å². The largest absolute Gasteiger partial charge is 0.310 e. The maximum absolute atomic E-state index is 14.1. The Balaban J connectivity index is 1.71. The Labute approximate surface area is 130 Å². The van der Waals surface area contributed by atoms with Crippen molar-refractivity contribution in [2.45, 2.75) is 35.3 Å². The van der Waals surface area contributed by atoms with Crippen molar-refractivity contribution in [1.82, 2.24) is 10.3 Å². The summed E-state index contributed by atoms with van der Waals surface area (Å²) in [4.78, 5) is 4.84. The minimum atomic E-state index is -0.192. The van der Waals surface area contributed by atoms with Gasteiger partial charge in [0.25, 0.3) is 0 Å². The van der Waals surface area contributed by atoms with Crippen molar-refractivity contribution in [2.24, 2.45) is 0 Å². The summed E-state index contributed by atoms with van der Waals surface area (Å²) in [6.45, 7) is 0.736. The first-order valence-corrected chi connectivity index (χ1v) is 8.13. The molecule has 1 fully saturated rings. The number of hydrogen-bond acceptors (Lipinski definition) is 3. The smallest absolute Gasteiger partial charge is 0.137 e. The van der Waals surface area contributed by atoms with Crippen LogP contribution in [0.5, 0.6) is 0 Å². The molecule has 2 aromatic rings. The van der Waals surface area contributed by atoms with E-state index in [0.29, 0.717) is 10.9 Å². The van der Waals surface area contributed by atoms with Crippen LogP contribution in [-0.2, 0) is 6.54 Å². The lowest BCUT2D eigenvalue weighted by Crippen LogP contribution is -2.15. The molecular weight excluding hydrogens is 339 g/mol. The average Bonchev–Trinajstić information content (AvgIpc) is 3.26. The van der Waals surface area contributed by atoms with Crippen LogP contribution in [0, 0.1) is 5.82 Å². The molecule has 0 aliphatic heterocycles. The zero-order valence-electron chi connectivity index (χ0n) is 10.8. The highest BCUT2D eigenvalue weighted by Gasteiger charge is 2.20. The highest BCUT2D eigenvalue weighted by Crippen LogP contribution is 2.33. The summed E-state index contributed by atoms with van der Waals surface area (Å²) in [6, 6.07) is 9.78. The number of aromatic nitrogens is 1. The Morgan fingerprint density at radius 2 is 2.20 bits per heavy atom. The van der Waals surface area contributed by atoms with Gasteiger partial charge in [0.2, 0.25) is 0 Å². The van der Waals surface area contributed by atoms with Crippen LogP contribution in [0.4, 0.5) is 4.39 Å². The first-order chi connectivity index (χ1) is 9.72. The van der Waals surface area contributed by atoms with Crippen LogP contribution in [0.25, 0.3) is 0 Å². The van der Waals surface area contributed by atoms with E-state index in [1.807, 2.05) is 24.3 Å². The van der Waals surface area contributed by atoms with E-state index < -0.39 is 0 Å². The minimum Gasteiger partial charge on any atom is -0.310 e. The van der Waals surface area contributed by atoms with Crippen LogP contribution >= 0.6 is 27.7 Å². The van der Waals surface area contributed by atoms with E-state index in [0.717, 1.165) is 21.6 Å². The molecule has 20 heavy (non-hydrogen) atoms. The molecule has 1 aromatic heterocycles. The van der Waals surface area contributed by atoms with Gasteiger partial charge in [-0.05, 0) is 58.6 Å². The molecule has 104 valence electrons. The van der Waals surface area contributed by atoms with Gasteiger partial charge < -0.3 is 5.32 Å². The lowest BCUT2D eigenvalue weighted by Gasteiger charge is -2.07. The summed E-state index contributed by atoms with van der Waals surface area (Å²) >= 11 is 4.76. The zero-order valence-corrected chi connectivity index (χ0v) is 13.2. The molecule has 0 spiro atoms. The second kappa shape index (κ2) is 6.24. The third-order valence-electron chi connectivity index (χ3n) is 3.10. The molecule has 1 N–H and O–H groups in total. The van der Waals surface area contributed by atoms with E-state index in [1.165, 1.54) is 24.6 Å².